The van der Waals surface area contributed by atoms with E-state index >= 15 is 0 Å². The minimum Gasteiger partial charge on any atom is -0.530 e. The van der Waals surface area contributed by atoms with Crippen LogP contribution in [0.3, 0.4) is 0 Å². The average Bonchev–Trinajstić information content (AvgIpc) is 2.39. The van der Waals surface area contributed by atoms with Crippen molar-refractivity contribution in [1.82, 2.24) is 15.3 Å². The lowest BCUT2D eigenvalue weighted by Gasteiger charge is -2.32. The van der Waals surface area contributed by atoms with E-state index in [1.54, 1.807) is 0 Å². The van der Waals surface area contributed by atoms with Crippen LogP contribution in [0.25, 0.3) is 0 Å². The van der Waals surface area contributed by atoms with E-state index in [-0.39, 0.29) is 11.7 Å². The Labute approximate surface area is 109 Å². The zero-order valence-electron chi connectivity index (χ0n) is 10.2. The predicted octanol–water partition coefficient (Wildman–Crippen LogP) is -1.52. The third-order valence-electron chi connectivity index (χ3n) is 3.00. The molecule has 0 atom stereocenters. The van der Waals surface area contributed by atoms with Crippen LogP contribution in [-0.4, -0.2) is 41.1 Å². The number of carbonyl (C=O) groups is 2. The van der Waals surface area contributed by atoms with Gasteiger partial charge in [-0.05, 0) is 18.9 Å². The molecule has 1 aromatic rings. The van der Waals surface area contributed by atoms with Gasteiger partial charge in [0.15, 0.2) is 0 Å². The zero-order valence-corrected chi connectivity index (χ0v) is 10.2. The third kappa shape index (κ3) is 3.30. The van der Waals surface area contributed by atoms with Crippen LogP contribution in [0.1, 0.15) is 23.3 Å². The number of primary amides is 1. The highest BCUT2D eigenvalue weighted by Gasteiger charge is 2.21. The SMILES string of the molecule is NC(=O)c1ccnc(N2CCC(NC(=O)[O-])CC2)n1. The van der Waals surface area contributed by atoms with E-state index in [1.165, 1.54) is 12.3 Å². The van der Waals surface area contributed by atoms with Gasteiger partial charge in [-0.2, -0.15) is 0 Å². The van der Waals surface area contributed by atoms with Crippen LogP contribution in [0.5, 0.6) is 0 Å². The van der Waals surface area contributed by atoms with Gasteiger partial charge in [0.05, 0.1) is 0 Å². The summed E-state index contributed by atoms with van der Waals surface area (Å²) in [6.45, 7) is 1.21. The summed E-state index contributed by atoms with van der Waals surface area (Å²) in [7, 11) is 0. The molecule has 2 heterocycles. The standard InChI is InChI=1S/C11H15N5O3/c12-9(17)8-1-4-13-10(15-8)16-5-2-7(3-6-16)14-11(18)19/h1,4,7,14H,2-3,5-6H2,(H2,12,17)(H,18,19)/p-1. The number of nitrogens with zero attached hydrogens (tertiary/aromatic N) is 3. The van der Waals surface area contributed by atoms with E-state index in [2.05, 4.69) is 15.3 Å². The van der Waals surface area contributed by atoms with E-state index in [4.69, 9.17) is 5.73 Å². The summed E-state index contributed by atoms with van der Waals surface area (Å²) in [6.07, 6.45) is 1.50. The molecule has 1 aliphatic rings. The maximum Gasteiger partial charge on any atom is 0.267 e. The zero-order chi connectivity index (χ0) is 13.8. The molecule has 1 aliphatic heterocycles. The van der Waals surface area contributed by atoms with Crippen molar-refractivity contribution < 1.29 is 14.7 Å². The number of carboxylic acid groups (broad SMARTS) is 1. The summed E-state index contributed by atoms with van der Waals surface area (Å²) in [6, 6.07) is 1.34. The molecular weight excluding hydrogens is 250 g/mol. The highest BCUT2D eigenvalue weighted by atomic mass is 16.4. The first kappa shape index (κ1) is 13.1. The molecule has 2 amide bonds. The number of amides is 2. The van der Waals surface area contributed by atoms with Crippen molar-refractivity contribution in [3.05, 3.63) is 18.0 Å². The second kappa shape index (κ2) is 5.51. The van der Waals surface area contributed by atoms with Gasteiger partial charge in [-0.25, -0.2) is 9.97 Å². The normalized spacial score (nSPS) is 16.1. The predicted molar refractivity (Wildman–Crippen MR) is 64.3 cm³/mol. The maximum absolute atomic E-state index is 11.0. The van der Waals surface area contributed by atoms with Crippen LogP contribution in [0.15, 0.2) is 12.3 Å². The number of rotatable bonds is 3. The maximum atomic E-state index is 11.0. The molecule has 8 heteroatoms. The molecule has 0 saturated carbocycles. The van der Waals surface area contributed by atoms with Crippen LogP contribution in [0.2, 0.25) is 0 Å². The third-order valence-corrected chi connectivity index (χ3v) is 3.00. The van der Waals surface area contributed by atoms with Gasteiger partial charge in [-0.1, -0.05) is 0 Å². The van der Waals surface area contributed by atoms with Crippen LogP contribution >= 0.6 is 0 Å². The van der Waals surface area contributed by atoms with Gasteiger partial charge < -0.3 is 25.9 Å². The number of hydrogen-bond donors (Lipinski definition) is 2. The molecule has 0 unspecified atom stereocenters. The van der Waals surface area contributed by atoms with Crippen molar-refractivity contribution in [2.45, 2.75) is 18.9 Å². The number of nitrogens with one attached hydrogen (secondary N) is 1. The van der Waals surface area contributed by atoms with Gasteiger partial charge in [-0.3, -0.25) is 4.79 Å². The van der Waals surface area contributed by atoms with E-state index in [0.717, 1.165) is 0 Å². The first-order valence-electron chi connectivity index (χ1n) is 5.91. The monoisotopic (exact) mass is 264 g/mol. The summed E-state index contributed by atoms with van der Waals surface area (Å²) < 4.78 is 0. The Morgan fingerprint density at radius 2 is 2.11 bits per heavy atom. The van der Waals surface area contributed by atoms with E-state index in [9.17, 15) is 14.7 Å². The summed E-state index contributed by atoms with van der Waals surface area (Å²) in [5.74, 6) is -0.166. The fraction of sp³-hybridized carbons (Fsp3) is 0.455. The van der Waals surface area contributed by atoms with Gasteiger partial charge in [0.2, 0.25) is 5.95 Å². The Morgan fingerprint density at radius 1 is 1.42 bits per heavy atom. The molecule has 1 saturated heterocycles. The van der Waals surface area contributed by atoms with E-state index in [0.29, 0.717) is 31.9 Å². The molecule has 8 nitrogen and oxygen atoms in total. The van der Waals surface area contributed by atoms with Crippen molar-refractivity contribution in [1.29, 1.82) is 0 Å². The first-order chi connectivity index (χ1) is 9.06. The Bertz CT molecular complexity index is 485. The lowest BCUT2D eigenvalue weighted by Crippen LogP contribution is -2.49. The first-order valence-corrected chi connectivity index (χ1v) is 5.91. The Hall–Kier alpha value is -2.38. The molecule has 102 valence electrons. The largest absolute Gasteiger partial charge is 0.530 e. The van der Waals surface area contributed by atoms with Crippen LogP contribution in [-0.2, 0) is 0 Å². The van der Waals surface area contributed by atoms with Gasteiger partial charge in [0, 0.05) is 25.3 Å². The Kier molecular flexibility index (Phi) is 3.79. The number of piperidine rings is 1. The summed E-state index contributed by atoms with van der Waals surface area (Å²) in [4.78, 5) is 31.5. The quantitative estimate of drug-likeness (QED) is 0.683. The molecule has 1 fully saturated rings. The van der Waals surface area contributed by atoms with Gasteiger partial charge in [-0.15, -0.1) is 0 Å². The van der Waals surface area contributed by atoms with Crippen molar-refractivity contribution in [3.63, 3.8) is 0 Å². The van der Waals surface area contributed by atoms with Gasteiger partial charge in [0.25, 0.3) is 5.91 Å². The number of hydrogen-bond acceptors (Lipinski definition) is 6. The van der Waals surface area contributed by atoms with E-state index in [1.807, 2.05) is 4.90 Å². The topological polar surface area (TPSA) is 124 Å². The summed E-state index contributed by atoms with van der Waals surface area (Å²) in [5, 5.41) is 12.8. The molecule has 0 aliphatic carbocycles. The molecule has 19 heavy (non-hydrogen) atoms. The van der Waals surface area contributed by atoms with Crippen molar-refractivity contribution >= 4 is 17.9 Å². The van der Waals surface area contributed by atoms with Crippen LogP contribution < -0.4 is 21.1 Å². The number of carbonyl (C=O) groups excluding carboxylic acids is 2. The summed E-state index contributed by atoms with van der Waals surface area (Å²) in [5.41, 5.74) is 5.33. The van der Waals surface area contributed by atoms with Crippen LogP contribution in [0.4, 0.5) is 10.7 Å². The number of anilines is 1. The minimum atomic E-state index is -1.26. The van der Waals surface area contributed by atoms with Crippen molar-refractivity contribution in [3.8, 4) is 0 Å². The molecule has 0 aromatic carbocycles. The molecular formula is C11H14N5O3-. The Morgan fingerprint density at radius 3 is 2.68 bits per heavy atom. The fourth-order valence-corrected chi connectivity index (χ4v) is 2.03. The molecule has 0 spiro atoms. The van der Waals surface area contributed by atoms with Gasteiger partial charge in [0.1, 0.15) is 11.8 Å². The average molecular weight is 264 g/mol. The molecule has 2 rings (SSSR count). The van der Waals surface area contributed by atoms with Crippen molar-refractivity contribution in [2.75, 3.05) is 18.0 Å². The number of nitrogens with two attached hydrogens (primary N) is 1. The highest BCUT2D eigenvalue weighted by molar-refractivity contribution is 5.90. The molecule has 0 radical (unpaired) electrons. The Balaban J connectivity index is 1.99. The molecule has 3 N–H and O–H groups in total. The van der Waals surface area contributed by atoms with Crippen LogP contribution in [0, 0.1) is 0 Å². The molecule has 1 aromatic heterocycles. The highest BCUT2D eigenvalue weighted by Crippen LogP contribution is 2.15. The van der Waals surface area contributed by atoms with Crippen molar-refractivity contribution in [2.24, 2.45) is 5.73 Å². The fourth-order valence-electron chi connectivity index (χ4n) is 2.03. The summed E-state index contributed by atoms with van der Waals surface area (Å²) >= 11 is 0. The smallest absolute Gasteiger partial charge is 0.267 e. The van der Waals surface area contributed by atoms with E-state index < -0.39 is 12.0 Å². The van der Waals surface area contributed by atoms with Gasteiger partial charge >= 0.3 is 0 Å². The minimum absolute atomic E-state index is 0.111. The number of aromatic nitrogens is 2. The lowest BCUT2D eigenvalue weighted by atomic mass is 10.1. The second-order valence-electron chi connectivity index (χ2n) is 4.30. The second-order valence-corrected chi connectivity index (χ2v) is 4.30. The molecule has 0 bridgehead atoms. The lowest BCUT2D eigenvalue weighted by molar-refractivity contribution is -0.251.